The van der Waals surface area contributed by atoms with Gasteiger partial charge in [0.05, 0.1) is 21.7 Å². The Kier molecular flexibility index (Phi) is 5.79. The number of carbonyl (C=O) groups is 1. The Morgan fingerprint density at radius 1 is 1.00 bits per heavy atom. The van der Waals surface area contributed by atoms with Crippen LogP contribution in [0.25, 0.3) is 11.0 Å². The molecule has 0 aliphatic carbocycles. The lowest BCUT2D eigenvalue weighted by Gasteiger charge is -2.08. The molecule has 2 N–H and O–H groups in total. The molecule has 0 fully saturated rings. The summed E-state index contributed by atoms with van der Waals surface area (Å²) in [7, 11) is 0. The number of carbonyl (C=O) groups excluding carboxylic acids is 1. The number of anilines is 1. The molecule has 148 valence electrons. The van der Waals surface area contributed by atoms with Gasteiger partial charge >= 0.3 is 6.03 Å². The van der Waals surface area contributed by atoms with Crippen molar-refractivity contribution in [1.82, 2.24) is 14.6 Å². The molecule has 0 bridgehead atoms. The van der Waals surface area contributed by atoms with Gasteiger partial charge in [0.15, 0.2) is 0 Å². The van der Waals surface area contributed by atoms with E-state index in [9.17, 15) is 4.79 Å². The molecule has 0 aliphatic rings. The number of hydrogen-bond acceptors (Lipinski definition) is 2. The first-order valence-corrected chi connectivity index (χ1v) is 9.80. The minimum atomic E-state index is -0.435. The van der Waals surface area contributed by atoms with Gasteiger partial charge < -0.3 is 14.5 Å². The highest BCUT2D eigenvalue weighted by molar-refractivity contribution is 6.33. The number of aromatic nitrogens is 2. The third-order valence-electron chi connectivity index (χ3n) is 4.92. The summed E-state index contributed by atoms with van der Waals surface area (Å²) in [6.45, 7) is 11.8. The van der Waals surface area contributed by atoms with Gasteiger partial charge in [0.1, 0.15) is 0 Å². The zero-order valence-electron chi connectivity index (χ0n) is 16.9. The molecule has 2 aromatic carbocycles. The molecule has 3 rings (SSSR count). The summed E-state index contributed by atoms with van der Waals surface area (Å²) in [5, 5.41) is 7.65. The van der Waals surface area contributed by atoms with Crippen LogP contribution in [-0.4, -0.2) is 15.2 Å². The van der Waals surface area contributed by atoms with Crippen molar-refractivity contribution in [3.05, 3.63) is 57.7 Å². The van der Waals surface area contributed by atoms with Gasteiger partial charge in [-0.05, 0) is 75.6 Å². The highest BCUT2D eigenvalue weighted by Crippen LogP contribution is 2.22. The van der Waals surface area contributed by atoms with E-state index < -0.39 is 6.03 Å². The first-order chi connectivity index (χ1) is 13.3. The van der Waals surface area contributed by atoms with Crippen molar-refractivity contribution in [2.45, 2.75) is 47.7 Å². The van der Waals surface area contributed by atoms with Crippen LogP contribution in [0.2, 0.25) is 5.02 Å². The van der Waals surface area contributed by atoms with Crippen molar-refractivity contribution >= 4 is 34.4 Å². The monoisotopic (exact) mass is 399 g/mol. The van der Waals surface area contributed by atoms with Crippen LogP contribution in [0.1, 0.15) is 30.5 Å². The van der Waals surface area contributed by atoms with Crippen LogP contribution in [0.4, 0.5) is 10.5 Å². The van der Waals surface area contributed by atoms with Gasteiger partial charge in [-0.3, -0.25) is 0 Å². The lowest BCUT2D eigenvalue weighted by molar-refractivity contribution is 0.252. The maximum absolute atomic E-state index is 12.4. The van der Waals surface area contributed by atoms with Crippen molar-refractivity contribution in [3.63, 3.8) is 0 Å². The Hall–Kier alpha value is -2.73. The van der Waals surface area contributed by atoms with Gasteiger partial charge in [-0.25, -0.2) is 10.2 Å². The van der Waals surface area contributed by atoms with Crippen molar-refractivity contribution < 1.29 is 4.79 Å². The van der Waals surface area contributed by atoms with E-state index in [1.54, 1.807) is 6.07 Å². The predicted octanol–water partition coefficient (Wildman–Crippen LogP) is 4.70. The van der Waals surface area contributed by atoms with E-state index in [0.29, 0.717) is 16.3 Å². The molecule has 1 aromatic heterocycles. The number of rotatable bonds is 4. The van der Waals surface area contributed by atoms with E-state index >= 15 is 0 Å². The number of imidazole rings is 1. The average Bonchev–Trinajstić information content (AvgIpc) is 2.94. The van der Waals surface area contributed by atoms with Crippen LogP contribution in [0.3, 0.4) is 0 Å². The van der Waals surface area contributed by atoms with E-state index in [1.165, 1.54) is 11.1 Å². The van der Waals surface area contributed by atoms with Gasteiger partial charge in [-0.2, -0.15) is 0 Å². The maximum Gasteiger partial charge on any atom is 0.339 e. The standard InChI is InChI=1S/C21H26ClN5O/c1-6-26-18-11-14(4)15(5)12-19(18)27(7-2)21(26)25-24-20(28)23-17-10-13(3)8-9-16(17)22/h8-12H,6-7H2,1-5H3,(H2,23,24,28). The average molecular weight is 400 g/mol. The molecule has 0 radical (unpaired) electrons. The first kappa shape index (κ1) is 20.0. The van der Waals surface area contributed by atoms with Gasteiger partial charge in [-0.1, -0.05) is 17.7 Å². The molecule has 0 unspecified atom stereocenters. The predicted molar refractivity (Wildman–Crippen MR) is 115 cm³/mol. The molecule has 28 heavy (non-hydrogen) atoms. The molecule has 0 atom stereocenters. The fraction of sp³-hybridized carbons (Fsp3) is 0.333. The molecule has 0 saturated heterocycles. The number of halogens is 1. The second-order valence-electron chi connectivity index (χ2n) is 6.87. The minimum Gasteiger partial charge on any atom is -0.309 e. The van der Waals surface area contributed by atoms with Gasteiger partial charge in [0.25, 0.3) is 0 Å². The molecule has 1 heterocycles. The summed E-state index contributed by atoms with van der Waals surface area (Å²) in [5.74, 6) is 0. The molecular formula is C21H26ClN5O. The van der Waals surface area contributed by atoms with Crippen LogP contribution in [0.5, 0.6) is 0 Å². The Morgan fingerprint density at radius 3 is 2.11 bits per heavy atom. The summed E-state index contributed by atoms with van der Waals surface area (Å²) in [5.41, 5.74) is 9.55. The van der Waals surface area contributed by atoms with Gasteiger partial charge in [0, 0.05) is 13.1 Å². The summed E-state index contributed by atoms with van der Waals surface area (Å²) in [4.78, 5) is 12.4. The van der Waals surface area contributed by atoms with E-state index in [2.05, 4.69) is 64.8 Å². The van der Waals surface area contributed by atoms with Crippen molar-refractivity contribution in [2.75, 3.05) is 5.32 Å². The number of urea groups is 1. The number of nitrogens with zero attached hydrogens (tertiary/aromatic N) is 3. The summed E-state index contributed by atoms with van der Waals surface area (Å²) >= 11 is 6.15. The van der Waals surface area contributed by atoms with Crippen molar-refractivity contribution in [2.24, 2.45) is 5.10 Å². The largest absolute Gasteiger partial charge is 0.339 e. The van der Waals surface area contributed by atoms with E-state index in [0.717, 1.165) is 29.7 Å². The van der Waals surface area contributed by atoms with Crippen molar-refractivity contribution in [1.29, 1.82) is 0 Å². The molecule has 0 saturated carbocycles. The quantitative estimate of drug-likeness (QED) is 0.613. The summed E-state index contributed by atoms with van der Waals surface area (Å²) in [6, 6.07) is 9.38. The number of nitrogens with one attached hydrogen (secondary N) is 2. The van der Waals surface area contributed by atoms with E-state index in [4.69, 9.17) is 11.6 Å². The molecule has 6 nitrogen and oxygen atoms in total. The fourth-order valence-corrected chi connectivity index (χ4v) is 3.47. The smallest absolute Gasteiger partial charge is 0.309 e. The van der Waals surface area contributed by atoms with E-state index in [1.807, 2.05) is 19.1 Å². The Morgan fingerprint density at radius 2 is 1.57 bits per heavy atom. The number of hydrogen-bond donors (Lipinski definition) is 2. The SMILES string of the molecule is CCn1c(=NNC(=O)Nc2cc(C)ccc2Cl)n(CC)c2cc(C)c(C)cc21. The highest BCUT2D eigenvalue weighted by atomic mass is 35.5. The molecular weight excluding hydrogens is 374 g/mol. The van der Waals surface area contributed by atoms with Crippen LogP contribution >= 0.6 is 11.6 Å². The Labute approximate surface area is 169 Å². The maximum atomic E-state index is 12.4. The van der Waals surface area contributed by atoms with Crippen LogP contribution in [-0.2, 0) is 13.1 Å². The van der Waals surface area contributed by atoms with Crippen molar-refractivity contribution in [3.8, 4) is 0 Å². The number of fused-ring (bicyclic) bond motifs is 1. The first-order valence-electron chi connectivity index (χ1n) is 9.42. The second-order valence-corrected chi connectivity index (χ2v) is 7.28. The summed E-state index contributed by atoms with van der Waals surface area (Å²) in [6.07, 6.45) is 0. The zero-order chi connectivity index (χ0) is 20.4. The third-order valence-corrected chi connectivity index (χ3v) is 5.24. The second kappa shape index (κ2) is 8.10. The van der Waals surface area contributed by atoms with Crippen LogP contribution < -0.4 is 16.4 Å². The molecule has 3 aromatic rings. The van der Waals surface area contributed by atoms with Crippen LogP contribution in [0, 0.1) is 20.8 Å². The fourth-order valence-electron chi connectivity index (χ4n) is 3.31. The molecule has 2 amide bonds. The lowest BCUT2D eigenvalue weighted by Crippen LogP contribution is -2.32. The molecule has 7 heteroatoms. The summed E-state index contributed by atoms with van der Waals surface area (Å²) < 4.78 is 4.20. The number of amides is 2. The minimum absolute atomic E-state index is 0.435. The number of benzene rings is 2. The zero-order valence-corrected chi connectivity index (χ0v) is 17.7. The number of aryl methyl sites for hydroxylation is 5. The van der Waals surface area contributed by atoms with Gasteiger partial charge in [-0.15, -0.1) is 5.10 Å². The Balaban J connectivity index is 1.99. The van der Waals surface area contributed by atoms with E-state index in [-0.39, 0.29) is 0 Å². The van der Waals surface area contributed by atoms with Crippen LogP contribution in [0.15, 0.2) is 35.4 Å². The third kappa shape index (κ3) is 3.78. The molecule has 0 spiro atoms. The normalized spacial score (nSPS) is 10.9. The van der Waals surface area contributed by atoms with Gasteiger partial charge in [0.2, 0.25) is 5.62 Å². The highest BCUT2D eigenvalue weighted by Gasteiger charge is 2.12. The lowest BCUT2D eigenvalue weighted by atomic mass is 10.1. The molecule has 0 aliphatic heterocycles. The topological polar surface area (TPSA) is 63.4 Å². The Bertz CT molecular complexity index is 1060.